The number of nitrogens with zero attached hydrogens (tertiary/aromatic N) is 2. The summed E-state index contributed by atoms with van der Waals surface area (Å²) in [5, 5.41) is 20.0. The van der Waals surface area contributed by atoms with E-state index in [0.717, 1.165) is 17.8 Å². The van der Waals surface area contributed by atoms with Crippen LogP contribution in [0.3, 0.4) is 0 Å². The van der Waals surface area contributed by atoms with Gasteiger partial charge in [-0.3, -0.25) is 10.1 Å². The van der Waals surface area contributed by atoms with Crippen molar-refractivity contribution >= 4 is 46.6 Å². The Morgan fingerprint density at radius 1 is 1.50 bits per heavy atom. The molecule has 1 aromatic carbocycles. The highest BCUT2D eigenvalue weighted by Crippen LogP contribution is 2.23. The number of esters is 1. The average Bonchev–Trinajstić information content (AvgIpc) is 2.82. The van der Waals surface area contributed by atoms with Crippen LogP contribution in [0, 0.1) is 0 Å². The second kappa shape index (κ2) is 7.10. The molecule has 0 aliphatic carbocycles. The lowest BCUT2D eigenvalue weighted by atomic mass is 10.2. The highest BCUT2D eigenvalue weighted by Gasteiger charge is 2.24. The first-order chi connectivity index (χ1) is 10.5. The molecule has 0 unspecified atom stereocenters. The molecule has 0 bridgehead atoms. The number of amides is 1. The molecule has 1 saturated heterocycles. The molecule has 0 radical (unpaired) electrons. The van der Waals surface area contributed by atoms with Crippen LogP contribution in [0.1, 0.15) is 5.56 Å². The Kier molecular flexibility index (Phi) is 5.18. The minimum Gasteiger partial charge on any atom is -0.508 e. The fraction of sp³-hybridized carbons (Fsp3) is 0.0769. The first kappa shape index (κ1) is 16.1. The standard InChI is InChI=1S/C13H10ClN3O4S/c1-21-11(19)5-10-12(20)16-13(22-10)17-15-6-7-4-8(18)2-3-9(7)14/h2-6,18H,1H3,(H,16,17,20)/b10-5+,15-6?. The van der Waals surface area contributed by atoms with E-state index in [-0.39, 0.29) is 15.8 Å². The molecule has 1 fully saturated rings. The van der Waals surface area contributed by atoms with Gasteiger partial charge in [-0.05, 0) is 30.0 Å². The summed E-state index contributed by atoms with van der Waals surface area (Å²) in [6.45, 7) is 0. The molecule has 114 valence electrons. The van der Waals surface area contributed by atoms with Crippen LogP contribution in [-0.2, 0) is 14.3 Å². The fourth-order valence-electron chi connectivity index (χ4n) is 1.41. The molecule has 1 heterocycles. The van der Waals surface area contributed by atoms with Crippen LogP contribution >= 0.6 is 23.4 Å². The number of phenolic OH excluding ortho intramolecular Hbond substituents is 1. The lowest BCUT2D eigenvalue weighted by Gasteiger charge is -1.97. The Morgan fingerprint density at radius 2 is 2.27 bits per heavy atom. The van der Waals surface area contributed by atoms with Crippen molar-refractivity contribution in [3.05, 3.63) is 39.8 Å². The molecule has 0 saturated carbocycles. The monoisotopic (exact) mass is 339 g/mol. The van der Waals surface area contributed by atoms with Gasteiger partial charge >= 0.3 is 5.97 Å². The van der Waals surface area contributed by atoms with Gasteiger partial charge in [-0.25, -0.2) is 4.79 Å². The van der Waals surface area contributed by atoms with Gasteiger partial charge in [-0.15, -0.1) is 5.10 Å². The number of hydrogen-bond acceptors (Lipinski definition) is 7. The Hall–Kier alpha value is -2.32. The molecule has 2 N–H and O–H groups in total. The maximum atomic E-state index is 11.6. The van der Waals surface area contributed by atoms with Gasteiger partial charge in [-0.1, -0.05) is 11.6 Å². The second-order valence-corrected chi connectivity index (χ2v) is 5.38. The lowest BCUT2D eigenvalue weighted by Crippen LogP contribution is -2.19. The van der Waals surface area contributed by atoms with Gasteiger partial charge in [0.15, 0.2) is 5.17 Å². The predicted molar refractivity (Wildman–Crippen MR) is 84.0 cm³/mol. The van der Waals surface area contributed by atoms with Crippen LogP contribution in [0.5, 0.6) is 5.75 Å². The molecule has 1 amide bonds. The number of amidine groups is 1. The number of halogens is 1. The molecule has 2 rings (SSSR count). The number of methoxy groups -OCH3 is 1. The number of hydrogen-bond donors (Lipinski definition) is 2. The SMILES string of the molecule is COC(=O)/C=C1/S/C(=N\N=Cc2cc(O)ccc2Cl)NC1=O. The summed E-state index contributed by atoms with van der Waals surface area (Å²) < 4.78 is 4.44. The predicted octanol–water partition coefficient (Wildman–Crippen LogP) is 1.66. The van der Waals surface area contributed by atoms with Crippen LogP contribution in [0.4, 0.5) is 0 Å². The summed E-state index contributed by atoms with van der Waals surface area (Å²) in [7, 11) is 1.22. The number of phenols is 1. The molecule has 1 aliphatic rings. The molecule has 7 nitrogen and oxygen atoms in total. The summed E-state index contributed by atoms with van der Waals surface area (Å²) in [5.41, 5.74) is 0.477. The molecule has 22 heavy (non-hydrogen) atoms. The van der Waals surface area contributed by atoms with Crippen molar-refractivity contribution in [2.24, 2.45) is 10.2 Å². The maximum Gasteiger partial charge on any atom is 0.331 e. The van der Waals surface area contributed by atoms with E-state index in [1.807, 2.05) is 0 Å². The van der Waals surface area contributed by atoms with E-state index in [1.54, 1.807) is 0 Å². The minimum absolute atomic E-state index is 0.0466. The summed E-state index contributed by atoms with van der Waals surface area (Å²) in [4.78, 5) is 22.8. The third-order valence-corrected chi connectivity index (χ3v) is 3.67. The van der Waals surface area contributed by atoms with Gasteiger partial charge in [0.05, 0.1) is 18.2 Å². The molecule has 1 aliphatic heterocycles. The van der Waals surface area contributed by atoms with Crippen molar-refractivity contribution in [1.82, 2.24) is 5.32 Å². The van der Waals surface area contributed by atoms with E-state index in [1.165, 1.54) is 31.5 Å². The van der Waals surface area contributed by atoms with Gasteiger partial charge < -0.3 is 9.84 Å². The van der Waals surface area contributed by atoms with Gasteiger partial charge in [0.25, 0.3) is 5.91 Å². The first-order valence-corrected chi connectivity index (χ1v) is 7.07. The Morgan fingerprint density at radius 3 is 3.00 bits per heavy atom. The number of carbonyl (C=O) groups is 2. The van der Waals surface area contributed by atoms with E-state index in [0.29, 0.717) is 10.6 Å². The van der Waals surface area contributed by atoms with Crippen LogP contribution in [0.2, 0.25) is 5.02 Å². The Bertz CT molecular complexity index is 715. The Balaban J connectivity index is 2.10. The van der Waals surface area contributed by atoms with E-state index in [2.05, 4.69) is 20.3 Å². The number of carbonyl (C=O) groups excluding carboxylic acids is 2. The quantitative estimate of drug-likeness (QED) is 0.377. The summed E-state index contributed by atoms with van der Waals surface area (Å²) in [6, 6.07) is 4.39. The third kappa shape index (κ3) is 4.09. The number of nitrogens with one attached hydrogen (secondary N) is 1. The zero-order valence-corrected chi connectivity index (χ0v) is 12.8. The van der Waals surface area contributed by atoms with E-state index in [4.69, 9.17) is 11.6 Å². The zero-order chi connectivity index (χ0) is 16.1. The number of thioether (sulfide) groups is 1. The highest BCUT2D eigenvalue weighted by atomic mass is 35.5. The highest BCUT2D eigenvalue weighted by molar-refractivity contribution is 8.18. The van der Waals surface area contributed by atoms with Gasteiger partial charge in [0.2, 0.25) is 0 Å². The topological polar surface area (TPSA) is 100 Å². The third-order valence-electron chi connectivity index (χ3n) is 2.43. The van der Waals surface area contributed by atoms with Gasteiger partial charge in [0, 0.05) is 16.7 Å². The van der Waals surface area contributed by atoms with Crippen molar-refractivity contribution in [1.29, 1.82) is 0 Å². The minimum atomic E-state index is -0.631. The second-order valence-electron chi connectivity index (χ2n) is 3.94. The van der Waals surface area contributed by atoms with Gasteiger partial charge in [0.1, 0.15) is 5.75 Å². The molecule has 0 atom stereocenters. The van der Waals surface area contributed by atoms with Crippen LogP contribution < -0.4 is 5.32 Å². The maximum absolute atomic E-state index is 11.6. The largest absolute Gasteiger partial charge is 0.508 e. The number of rotatable bonds is 3. The molecular formula is C13H10ClN3O4S. The smallest absolute Gasteiger partial charge is 0.331 e. The number of benzene rings is 1. The summed E-state index contributed by atoms with van der Waals surface area (Å²) >= 11 is 6.88. The van der Waals surface area contributed by atoms with Crippen LogP contribution in [-0.4, -0.2) is 35.5 Å². The molecule has 0 aromatic heterocycles. The van der Waals surface area contributed by atoms with E-state index in [9.17, 15) is 14.7 Å². The Labute approximate surface area is 134 Å². The van der Waals surface area contributed by atoms with E-state index < -0.39 is 11.9 Å². The zero-order valence-electron chi connectivity index (χ0n) is 11.2. The van der Waals surface area contributed by atoms with Crippen LogP contribution in [0.25, 0.3) is 0 Å². The van der Waals surface area contributed by atoms with Gasteiger partial charge in [-0.2, -0.15) is 5.10 Å². The number of aromatic hydroxyl groups is 1. The fourth-order valence-corrected chi connectivity index (χ4v) is 2.32. The lowest BCUT2D eigenvalue weighted by molar-refractivity contribution is -0.135. The van der Waals surface area contributed by atoms with Crippen molar-refractivity contribution in [3.63, 3.8) is 0 Å². The summed E-state index contributed by atoms with van der Waals surface area (Å²) in [6.07, 6.45) is 2.40. The summed E-state index contributed by atoms with van der Waals surface area (Å²) in [5.74, 6) is -1.04. The normalized spacial score (nSPS) is 18.2. The molecular weight excluding hydrogens is 330 g/mol. The first-order valence-electron chi connectivity index (χ1n) is 5.88. The number of ether oxygens (including phenoxy) is 1. The van der Waals surface area contributed by atoms with Crippen molar-refractivity contribution in [2.75, 3.05) is 7.11 Å². The average molecular weight is 340 g/mol. The molecule has 1 aromatic rings. The van der Waals surface area contributed by atoms with Crippen molar-refractivity contribution in [2.45, 2.75) is 0 Å². The van der Waals surface area contributed by atoms with E-state index >= 15 is 0 Å². The molecule has 0 spiro atoms. The van der Waals surface area contributed by atoms with Crippen LogP contribution in [0.15, 0.2) is 39.4 Å². The van der Waals surface area contributed by atoms with Crippen molar-refractivity contribution < 1.29 is 19.4 Å². The molecule has 9 heteroatoms. The van der Waals surface area contributed by atoms with Crippen molar-refractivity contribution in [3.8, 4) is 5.75 Å².